The highest BCUT2D eigenvalue weighted by Crippen LogP contribution is 2.37. The van der Waals surface area contributed by atoms with Crippen molar-refractivity contribution in [1.29, 1.82) is 0 Å². The monoisotopic (exact) mass is 384 g/mol. The summed E-state index contributed by atoms with van der Waals surface area (Å²) in [5.41, 5.74) is -0.910. The van der Waals surface area contributed by atoms with Gasteiger partial charge in [-0.25, -0.2) is 4.98 Å². The minimum absolute atomic E-state index is 0.0327. The lowest BCUT2D eigenvalue weighted by Gasteiger charge is -2.35. The summed E-state index contributed by atoms with van der Waals surface area (Å²) in [4.78, 5) is 10.9. The lowest BCUT2D eigenvalue weighted by molar-refractivity contribution is -0.136. The minimum atomic E-state index is -4.51. The molecule has 0 bridgehead atoms. The highest BCUT2D eigenvalue weighted by Gasteiger charge is 2.34. The zero-order valence-corrected chi connectivity index (χ0v) is 15.1. The van der Waals surface area contributed by atoms with Gasteiger partial charge in [0.05, 0.1) is 11.3 Å². The van der Waals surface area contributed by atoms with E-state index >= 15 is 0 Å². The molecule has 1 aliphatic heterocycles. The number of hydrogen-bond donors (Lipinski definition) is 1. The summed E-state index contributed by atoms with van der Waals surface area (Å²) in [5, 5.41) is 2.79. The molecule has 1 aromatic carbocycles. The molecule has 0 saturated carbocycles. The van der Waals surface area contributed by atoms with Gasteiger partial charge < -0.3 is 10.2 Å². The topological polar surface area (TPSA) is 41.1 Å². The number of benzene rings is 1. The van der Waals surface area contributed by atoms with Crippen LogP contribution in [0.2, 0.25) is 5.02 Å². The molecule has 1 fully saturated rings. The molecule has 26 heavy (non-hydrogen) atoms. The third kappa shape index (κ3) is 4.20. The van der Waals surface area contributed by atoms with Crippen molar-refractivity contribution < 1.29 is 13.2 Å². The Hall–Kier alpha value is -2.02. The van der Waals surface area contributed by atoms with E-state index in [-0.39, 0.29) is 10.7 Å². The maximum absolute atomic E-state index is 13.3. The third-order valence-corrected chi connectivity index (χ3v) is 4.78. The van der Waals surface area contributed by atoms with Crippen LogP contribution in [-0.4, -0.2) is 22.6 Å². The van der Waals surface area contributed by atoms with Gasteiger partial charge in [-0.1, -0.05) is 18.5 Å². The Morgan fingerprint density at radius 2 is 2.08 bits per heavy atom. The molecule has 8 heteroatoms. The van der Waals surface area contributed by atoms with E-state index in [9.17, 15) is 13.2 Å². The van der Waals surface area contributed by atoms with Crippen molar-refractivity contribution in [2.75, 3.05) is 16.8 Å². The van der Waals surface area contributed by atoms with Crippen LogP contribution in [0.15, 0.2) is 30.5 Å². The van der Waals surface area contributed by atoms with Gasteiger partial charge in [-0.15, -0.1) is 0 Å². The normalized spacial score (nSPS) is 18.0. The first-order chi connectivity index (χ1) is 12.4. The molecule has 1 aliphatic rings. The van der Waals surface area contributed by atoms with Crippen LogP contribution >= 0.6 is 11.6 Å². The smallest absolute Gasteiger partial charge is 0.340 e. The molecule has 1 N–H and O–H groups in total. The molecular formula is C18H20ClF3N4. The number of rotatable bonds is 4. The number of alkyl halides is 3. The quantitative estimate of drug-likeness (QED) is 0.738. The van der Waals surface area contributed by atoms with E-state index in [4.69, 9.17) is 11.6 Å². The van der Waals surface area contributed by atoms with Gasteiger partial charge in [-0.3, -0.25) is 0 Å². The van der Waals surface area contributed by atoms with Crippen LogP contribution in [0.1, 0.15) is 38.2 Å². The van der Waals surface area contributed by atoms with Crippen molar-refractivity contribution in [3.63, 3.8) is 0 Å². The Bertz CT molecular complexity index is 766. The lowest BCUT2D eigenvalue weighted by atomic mass is 10.0. The van der Waals surface area contributed by atoms with Crippen molar-refractivity contribution in [3.05, 3.63) is 41.0 Å². The zero-order chi connectivity index (χ0) is 18.7. The summed E-state index contributed by atoms with van der Waals surface area (Å²) >= 11 is 5.72. The van der Waals surface area contributed by atoms with E-state index < -0.39 is 11.7 Å². The molecule has 3 rings (SSSR count). The second-order valence-electron chi connectivity index (χ2n) is 6.31. The highest BCUT2D eigenvalue weighted by atomic mass is 35.5. The summed E-state index contributed by atoms with van der Waals surface area (Å²) in [6.07, 6.45) is 1.35. The van der Waals surface area contributed by atoms with Gasteiger partial charge in [0.1, 0.15) is 5.82 Å². The lowest BCUT2D eigenvalue weighted by Crippen LogP contribution is -2.40. The predicted octanol–water partition coefficient (Wildman–Crippen LogP) is 5.66. The highest BCUT2D eigenvalue weighted by molar-refractivity contribution is 6.30. The first kappa shape index (κ1) is 18.8. The zero-order valence-electron chi connectivity index (χ0n) is 14.4. The van der Waals surface area contributed by atoms with Gasteiger partial charge in [0.2, 0.25) is 5.95 Å². The van der Waals surface area contributed by atoms with Crippen molar-refractivity contribution >= 4 is 29.1 Å². The van der Waals surface area contributed by atoms with Crippen molar-refractivity contribution in [3.8, 4) is 0 Å². The molecule has 4 nitrogen and oxygen atoms in total. The number of piperidine rings is 1. The van der Waals surface area contributed by atoms with Crippen LogP contribution in [0.4, 0.5) is 30.6 Å². The van der Waals surface area contributed by atoms with E-state index in [1.165, 1.54) is 18.6 Å². The Labute approximate surface area is 155 Å². The number of aromatic nitrogens is 2. The molecule has 1 atom stereocenters. The van der Waals surface area contributed by atoms with Crippen LogP contribution in [0, 0.1) is 0 Å². The van der Waals surface area contributed by atoms with Crippen LogP contribution in [-0.2, 0) is 6.18 Å². The summed E-state index contributed by atoms with van der Waals surface area (Å²) in [7, 11) is 0. The molecule has 0 aliphatic carbocycles. The van der Waals surface area contributed by atoms with Crippen LogP contribution < -0.4 is 10.2 Å². The standard InChI is InChI=1S/C18H20ClF3N4/c1-2-13-5-3-4-10-26(13)17-23-9-8-16(25-17)24-15-7-6-12(19)11-14(15)18(20,21)22/h6-9,11,13H,2-5,10H2,1H3,(H,23,24,25). The van der Waals surface area contributed by atoms with Crippen LogP contribution in [0.5, 0.6) is 0 Å². The molecule has 2 heterocycles. The van der Waals surface area contributed by atoms with E-state index in [1.807, 2.05) is 0 Å². The van der Waals surface area contributed by atoms with Gasteiger partial charge in [0.15, 0.2) is 0 Å². The summed E-state index contributed by atoms with van der Waals surface area (Å²) in [6.45, 7) is 2.98. The molecular weight excluding hydrogens is 365 g/mol. The maximum atomic E-state index is 13.3. The first-order valence-corrected chi connectivity index (χ1v) is 8.99. The molecule has 0 amide bonds. The van der Waals surface area contributed by atoms with E-state index in [2.05, 4.69) is 27.1 Å². The van der Waals surface area contributed by atoms with Crippen LogP contribution in [0.25, 0.3) is 0 Å². The van der Waals surface area contributed by atoms with Gasteiger partial charge in [0, 0.05) is 23.8 Å². The average Bonchev–Trinajstić information content (AvgIpc) is 2.62. The van der Waals surface area contributed by atoms with E-state index in [0.717, 1.165) is 31.9 Å². The van der Waals surface area contributed by atoms with Gasteiger partial charge in [0.25, 0.3) is 0 Å². The van der Waals surface area contributed by atoms with Crippen LogP contribution in [0.3, 0.4) is 0 Å². The third-order valence-electron chi connectivity index (χ3n) is 4.55. The maximum Gasteiger partial charge on any atom is 0.418 e. The van der Waals surface area contributed by atoms with Gasteiger partial charge in [-0.05, 0) is 49.9 Å². The number of halogens is 4. The fourth-order valence-corrected chi connectivity index (χ4v) is 3.41. The van der Waals surface area contributed by atoms with Gasteiger partial charge >= 0.3 is 6.18 Å². The fourth-order valence-electron chi connectivity index (χ4n) is 3.24. The molecule has 1 saturated heterocycles. The Kier molecular flexibility index (Phi) is 5.55. The molecule has 140 valence electrons. The summed E-state index contributed by atoms with van der Waals surface area (Å²) in [5.74, 6) is 0.868. The summed E-state index contributed by atoms with van der Waals surface area (Å²) in [6, 6.07) is 5.55. The second-order valence-corrected chi connectivity index (χ2v) is 6.74. The SMILES string of the molecule is CCC1CCCCN1c1nccc(Nc2ccc(Cl)cc2C(F)(F)F)n1. The average molecular weight is 385 g/mol. The van der Waals surface area contributed by atoms with E-state index in [1.54, 1.807) is 12.3 Å². The molecule has 1 aromatic heterocycles. The Balaban J connectivity index is 1.88. The number of anilines is 3. The molecule has 2 aromatic rings. The van der Waals surface area contributed by atoms with Gasteiger partial charge in [-0.2, -0.15) is 18.2 Å². The molecule has 0 radical (unpaired) electrons. The Morgan fingerprint density at radius 1 is 1.27 bits per heavy atom. The molecule has 0 spiro atoms. The number of hydrogen-bond acceptors (Lipinski definition) is 4. The largest absolute Gasteiger partial charge is 0.418 e. The number of nitrogens with zero attached hydrogens (tertiary/aromatic N) is 3. The second kappa shape index (κ2) is 7.70. The Morgan fingerprint density at radius 3 is 2.81 bits per heavy atom. The van der Waals surface area contributed by atoms with Crippen molar-refractivity contribution in [2.45, 2.75) is 44.8 Å². The first-order valence-electron chi connectivity index (χ1n) is 8.62. The number of nitrogens with one attached hydrogen (secondary N) is 1. The predicted molar refractivity (Wildman–Crippen MR) is 97.0 cm³/mol. The van der Waals surface area contributed by atoms with Crippen molar-refractivity contribution in [1.82, 2.24) is 9.97 Å². The molecule has 1 unspecified atom stereocenters. The van der Waals surface area contributed by atoms with Crippen molar-refractivity contribution in [2.24, 2.45) is 0 Å². The summed E-state index contributed by atoms with van der Waals surface area (Å²) < 4.78 is 39.8. The minimum Gasteiger partial charge on any atom is -0.340 e. The fraction of sp³-hybridized carbons (Fsp3) is 0.444. The van der Waals surface area contributed by atoms with E-state index in [0.29, 0.717) is 17.8 Å².